The zero-order valence-electron chi connectivity index (χ0n) is 17.4. The Labute approximate surface area is 177 Å². The Hall–Kier alpha value is -2.73. The summed E-state index contributed by atoms with van der Waals surface area (Å²) in [5, 5.41) is 0.572. The summed E-state index contributed by atoms with van der Waals surface area (Å²) in [6.07, 6.45) is 0. The maximum absolute atomic E-state index is 12.4. The first-order valence-corrected chi connectivity index (χ1v) is 9.58. The van der Waals surface area contributed by atoms with Gasteiger partial charge < -0.3 is 19.3 Å². The number of carbonyl (C=O) groups is 2. The highest BCUT2D eigenvalue weighted by Gasteiger charge is 2.32. The molecule has 0 saturated carbocycles. The Morgan fingerprint density at radius 3 is 2.10 bits per heavy atom. The van der Waals surface area contributed by atoms with Crippen LogP contribution in [0.1, 0.15) is 19.4 Å². The largest absolute Gasteiger partial charge is 0.476 e. The predicted octanol–water partition coefficient (Wildman–Crippen LogP) is 3.77. The summed E-state index contributed by atoms with van der Waals surface area (Å²) in [6, 6.07) is 14.6. The topological polar surface area (TPSA) is 59.1 Å². The molecule has 0 fully saturated rings. The number of rotatable bonds is 8. The minimum absolute atomic E-state index is 0.294. The van der Waals surface area contributed by atoms with Crippen LogP contribution in [0.25, 0.3) is 0 Å². The smallest absolute Gasteiger partial charge is 0.350 e. The number of hydrogen-bond acceptors (Lipinski definition) is 5. The average Bonchev–Trinajstić information content (AvgIpc) is 2.67. The zero-order chi connectivity index (χ0) is 21.6. The Balaban J connectivity index is 1.86. The Bertz CT molecular complexity index is 833. The van der Waals surface area contributed by atoms with Crippen molar-refractivity contribution in [3.8, 4) is 5.75 Å². The van der Waals surface area contributed by atoms with E-state index in [0.717, 1.165) is 11.3 Å². The lowest BCUT2D eigenvalue weighted by molar-refractivity contribution is -0.163. The molecular weight excluding hydrogens is 392 g/mol. The molecule has 0 unspecified atom stereocenters. The highest BCUT2D eigenvalue weighted by atomic mass is 35.5. The monoisotopic (exact) mass is 418 g/mol. The van der Waals surface area contributed by atoms with Gasteiger partial charge in [-0.25, -0.2) is 4.79 Å². The van der Waals surface area contributed by atoms with Gasteiger partial charge in [-0.15, -0.1) is 0 Å². The molecule has 6 nitrogen and oxygen atoms in total. The molecule has 0 radical (unpaired) electrons. The van der Waals surface area contributed by atoms with Gasteiger partial charge >= 0.3 is 5.97 Å². The van der Waals surface area contributed by atoms with Gasteiger partial charge in [0.15, 0.2) is 12.2 Å². The molecule has 29 heavy (non-hydrogen) atoms. The summed E-state index contributed by atoms with van der Waals surface area (Å²) in [5.74, 6) is -0.428. The molecule has 2 aromatic carbocycles. The normalized spacial score (nSPS) is 11.0. The third kappa shape index (κ3) is 6.68. The van der Waals surface area contributed by atoms with Crippen molar-refractivity contribution in [2.45, 2.75) is 26.0 Å². The number of ether oxygens (including phenoxy) is 2. The van der Waals surface area contributed by atoms with E-state index in [4.69, 9.17) is 21.1 Å². The van der Waals surface area contributed by atoms with Gasteiger partial charge in [0.05, 0.1) is 0 Å². The summed E-state index contributed by atoms with van der Waals surface area (Å²) >= 11 is 5.85. The third-order valence-electron chi connectivity index (χ3n) is 4.30. The standard InChI is InChI=1S/C22H27ClN2O4/c1-22(2,29-19-12-8-17(23)9-13-19)21(27)28-15-20(26)25(5)14-16-6-10-18(11-7-16)24(3)4/h6-13H,14-15H2,1-5H3. The summed E-state index contributed by atoms with van der Waals surface area (Å²) in [6.45, 7) is 3.25. The van der Waals surface area contributed by atoms with E-state index >= 15 is 0 Å². The van der Waals surface area contributed by atoms with Crippen LogP contribution in [-0.4, -0.2) is 50.1 Å². The molecule has 0 heterocycles. The molecule has 0 bridgehead atoms. The molecule has 156 valence electrons. The number of amides is 1. The van der Waals surface area contributed by atoms with Crippen molar-refractivity contribution in [3.63, 3.8) is 0 Å². The minimum atomic E-state index is -1.24. The second-order valence-corrected chi connectivity index (χ2v) is 7.89. The average molecular weight is 419 g/mol. The van der Waals surface area contributed by atoms with Gasteiger partial charge in [0.1, 0.15) is 5.75 Å². The number of likely N-dealkylation sites (N-methyl/N-ethyl adjacent to an activating group) is 1. The predicted molar refractivity (Wildman–Crippen MR) is 114 cm³/mol. The molecule has 0 spiro atoms. The molecule has 0 aliphatic rings. The van der Waals surface area contributed by atoms with Crippen LogP contribution in [0, 0.1) is 0 Å². The fourth-order valence-electron chi connectivity index (χ4n) is 2.51. The van der Waals surface area contributed by atoms with Crippen molar-refractivity contribution in [2.24, 2.45) is 0 Å². The number of benzene rings is 2. The van der Waals surface area contributed by atoms with E-state index in [-0.39, 0.29) is 12.5 Å². The van der Waals surface area contributed by atoms with Crippen molar-refractivity contribution >= 4 is 29.2 Å². The minimum Gasteiger partial charge on any atom is -0.476 e. The van der Waals surface area contributed by atoms with Crippen molar-refractivity contribution in [3.05, 3.63) is 59.1 Å². The second-order valence-electron chi connectivity index (χ2n) is 7.45. The van der Waals surface area contributed by atoms with Gasteiger partial charge in [-0.2, -0.15) is 0 Å². The van der Waals surface area contributed by atoms with Crippen LogP contribution in [0.5, 0.6) is 5.75 Å². The van der Waals surface area contributed by atoms with Crippen molar-refractivity contribution < 1.29 is 19.1 Å². The molecule has 0 aromatic heterocycles. The molecule has 1 amide bonds. The summed E-state index contributed by atoms with van der Waals surface area (Å²) in [7, 11) is 5.61. The molecule has 2 aromatic rings. The highest BCUT2D eigenvalue weighted by molar-refractivity contribution is 6.30. The third-order valence-corrected chi connectivity index (χ3v) is 4.56. The Kier molecular flexibility index (Phi) is 7.51. The lowest BCUT2D eigenvalue weighted by atomic mass is 10.1. The second kappa shape index (κ2) is 9.65. The van der Waals surface area contributed by atoms with Crippen LogP contribution in [-0.2, 0) is 20.9 Å². The molecule has 0 N–H and O–H groups in total. The Morgan fingerprint density at radius 2 is 1.55 bits per heavy atom. The van der Waals surface area contributed by atoms with Gasteiger partial charge in [-0.1, -0.05) is 23.7 Å². The number of halogens is 1. The molecule has 7 heteroatoms. The van der Waals surface area contributed by atoms with Crippen LogP contribution in [0.4, 0.5) is 5.69 Å². The molecule has 0 aliphatic heterocycles. The van der Waals surface area contributed by atoms with Crippen molar-refractivity contribution in [2.75, 3.05) is 32.6 Å². The van der Waals surface area contributed by atoms with Crippen LogP contribution in [0.2, 0.25) is 5.02 Å². The SMILES string of the molecule is CN(Cc1ccc(N(C)C)cc1)C(=O)COC(=O)C(C)(C)Oc1ccc(Cl)cc1. The molecule has 2 rings (SSSR count). The highest BCUT2D eigenvalue weighted by Crippen LogP contribution is 2.22. The van der Waals surface area contributed by atoms with E-state index in [2.05, 4.69) is 0 Å². The summed E-state index contributed by atoms with van der Waals surface area (Å²) < 4.78 is 10.9. The van der Waals surface area contributed by atoms with Gasteiger partial charge in [-0.05, 0) is 55.8 Å². The first kappa shape index (κ1) is 22.6. The first-order chi connectivity index (χ1) is 13.6. The summed E-state index contributed by atoms with van der Waals surface area (Å²) in [5.41, 5.74) is 0.832. The number of esters is 1. The van der Waals surface area contributed by atoms with Gasteiger partial charge in [0.2, 0.25) is 0 Å². The molecule has 0 aliphatic carbocycles. The van der Waals surface area contributed by atoms with E-state index in [0.29, 0.717) is 17.3 Å². The maximum atomic E-state index is 12.4. The van der Waals surface area contributed by atoms with Gasteiger partial charge in [0, 0.05) is 38.4 Å². The van der Waals surface area contributed by atoms with Crippen molar-refractivity contribution in [1.82, 2.24) is 4.90 Å². The zero-order valence-corrected chi connectivity index (χ0v) is 18.2. The fraction of sp³-hybridized carbons (Fsp3) is 0.364. The first-order valence-electron chi connectivity index (χ1n) is 9.20. The maximum Gasteiger partial charge on any atom is 0.350 e. The van der Waals surface area contributed by atoms with Crippen LogP contribution >= 0.6 is 11.6 Å². The number of carbonyl (C=O) groups excluding carboxylic acids is 2. The fourth-order valence-corrected chi connectivity index (χ4v) is 2.64. The lowest BCUT2D eigenvalue weighted by Crippen LogP contribution is -2.41. The lowest BCUT2D eigenvalue weighted by Gasteiger charge is -2.25. The Morgan fingerprint density at radius 1 is 0.966 bits per heavy atom. The van der Waals surface area contributed by atoms with E-state index in [1.165, 1.54) is 4.90 Å². The van der Waals surface area contributed by atoms with Crippen molar-refractivity contribution in [1.29, 1.82) is 0 Å². The summed E-state index contributed by atoms with van der Waals surface area (Å²) in [4.78, 5) is 28.2. The van der Waals surface area contributed by atoms with Crippen LogP contribution in [0.3, 0.4) is 0 Å². The molecular formula is C22H27ClN2O4. The van der Waals surface area contributed by atoms with E-state index in [1.54, 1.807) is 45.2 Å². The molecule has 0 atom stereocenters. The number of nitrogens with zero attached hydrogens (tertiary/aromatic N) is 2. The number of anilines is 1. The molecule has 0 saturated heterocycles. The number of hydrogen-bond donors (Lipinski definition) is 0. The van der Waals surface area contributed by atoms with Crippen LogP contribution in [0.15, 0.2) is 48.5 Å². The van der Waals surface area contributed by atoms with Gasteiger partial charge in [0.25, 0.3) is 5.91 Å². The quantitative estimate of drug-likeness (QED) is 0.611. The van der Waals surface area contributed by atoms with E-state index in [9.17, 15) is 9.59 Å². The van der Waals surface area contributed by atoms with E-state index in [1.807, 2.05) is 43.3 Å². The van der Waals surface area contributed by atoms with E-state index < -0.39 is 11.6 Å². The van der Waals surface area contributed by atoms with Crippen LogP contribution < -0.4 is 9.64 Å². The van der Waals surface area contributed by atoms with Gasteiger partial charge in [-0.3, -0.25) is 4.79 Å².